The van der Waals surface area contributed by atoms with Gasteiger partial charge in [-0.05, 0) is 43.5 Å². The van der Waals surface area contributed by atoms with Crippen LogP contribution in [0.2, 0.25) is 0 Å². The molecule has 12 heteroatoms. The van der Waals surface area contributed by atoms with Crippen molar-refractivity contribution in [3.63, 3.8) is 0 Å². The number of amides is 1. The molecule has 1 N–H and O–H groups in total. The molecule has 1 amide bonds. The number of carbonyl (C=O) groups is 2. The van der Waals surface area contributed by atoms with Crippen LogP contribution in [0.4, 0.5) is 15.9 Å². The summed E-state index contributed by atoms with van der Waals surface area (Å²) >= 11 is 6.55. The first kappa shape index (κ1) is 30.3. The van der Waals surface area contributed by atoms with E-state index in [1.54, 1.807) is 35.8 Å². The molecule has 9 nitrogen and oxygen atoms in total. The van der Waals surface area contributed by atoms with Crippen molar-refractivity contribution in [2.75, 3.05) is 42.5 Å². The van der Waals surface area contributed by atoms with Crippen LogP contribution in [-0.4, -0.2) is 63.5 Å². The third kappa shape index (κ3) is 6.47. The van der Waals surface area contributed by atoms with Gasteiger partial charge in [-0.1, -0.05) is 49.5 Å². The van der Waals surface area contributed by atoms with Crippen LogP contribution in [0.3, 0.4) is 0 Å². The number of halogens is 1. The third-order valence-electron chi connectivity index (χ3n) is 7.28. The van der Waals surface area contributed by atoms with Gasteiger partial charge in [-0.3, -0.25) is 23.9 Å². The van der Waals surface area contributed by atoms with Gasteiger partial charge in [0.05, 0.1) is 10.6 Å². The molecule has 2 aliphatic rings. The van der Waals surface area contributed by atoms with Gasteiger partial charge in [0.25, 0.3) is 11.5 Å². The van der Waals surface area contributed by atoms with Crippen LogP contribution in [-0.2, 0) is 16.1 Å². The first-order valence-electron chi connectivity index (χ1n) is 13.6. The van der Waals surface area contributed by atoms with Gasteiger partial charge in [0.1, 0.15) is 27.6 Å². The molecule has 41 heavy (non-hydrogen) atoms. The fourth-order valence-corrected chi connectivity index (χ4v) is 6.38. The van der Waals surface area contributed by atoms with Crippen LogP contribution in [0, 0.1) is 24.1 Å². The van der Waals surface area contributed by atoms with Crippen molar-refractivity contribution in [1.29, 1.82) is 5.26 Å². The summed E-state index contributed by atoms with van der Waals surface area (Å²) in [6, 6.07) is 8.70. The van der Waals surface area contributed by atoms with E-state index < -0.39 is 5.97 Å². The Morgan fingerprint density at radius 1 is 1.15 bits per heavy atom. The zero-order valence-corrected chi connectivity index (χ0v) is 24.7. The number of hydrogen-bond acceptors (Lipinski definition) is 8. The summed E-state index contributed by atoms with van der Waals surface area (Å²) in [5, 5.41) is 18.9. The van der Waals surface area contributed by atoms with Gasteiger partial charge >= 0.3 is 5.97 Å². The van der Waals surface area contributed by atoms with Crippen molar-refractivity contribution >= 4 is 57.8 Å². The molecule has 2 aliphatic heterocycles. The minimum atomic E-state index is -0.945. The second kappa shape index (κ2) is 13.3. The molecule has 2 fully saturated rings. The number of anilines is 2. The summed E-state index contributed by atoms with van der Waals surface area (Å²) in [6.45, 7) is 6.38. The molecule has 1 aromatic carbocycles. The predicted molar refractivity (Wildman–Crippen MR) is 163 cm³/mol. The van der Waals surface area contributed by atoms with E-state index in [1.807, 2.05) is 11.8 Å². The van der Waals surface area contributed by atoms with Crippen LogP contribution < -0.4 is 15.4 Å². The monoisotopic (exact) mass is 597 g/mol. The third-order valence-corrected chi connectivity index (χ3v) is 8.65. The number of thioether (sulfide) groups is 1. The normalized spacial score (nSPS) is 16.5. The Hall–Kier alpha value is -3.69. The Morgan fingerprint density at radius 3 is 2.46 bits per heavy atom. The number of rotatable bonds is 10. The molecule has 1 aromatic heterocycles. The molecule has 3 heterocycles. The van der Waals surface area contributed by atoms with E-state index in [0.717, 1.165) is 24.6 Å². The predicted octanol–water partition coefficient (Wildman–Crippen LogP) is 4.36. The number of piperazine rings is 1. The lowest BCUT2D eigenvalue weighted by atomic mass is 10.0. The number of nitrogens with zero attached hydrogens (tertiary/aromatic N) is 5. The number of aromatic nitrogens is 1. The SMILES string of the molecule is CCCCn1c(N2CCN(c3ccccc3F)CC2)c(C=C2SC(=S)N(CCCC(=O)O)C2=O)c(C)c(C#N)c1=O. The standard InChI is InChI=1S/C29H32FN5O4S2/c1-3-4-11-34-26(33-15-13-32(14-16-33)23-9-6-5-8-22(23)30)20(19(2)21(18-31)27(34)38)17-24-28(39)35(29(40)41-24)12-7-10-25(36)37/h5-6,8-9,17H,3-4,7,10-16H2,1-2H3,(H,36,37). The summed E-state index contributed by atoms with van der Waals surface area (Å²) in [7, 11) is 0. The average molecular weight is 598 g/mol. The lowest BCUT2D eigenvalue weighted by molar-refractivity contribution is -0.137. The highest BCUT2D eigenvalue weighted by Crippen LogP contribution is 2.36. The number of pyridine rings is 1. The minimum absolute atomic E-state index is 0.0260. The molecule has 2 aromatic rings. The molecule has 0 radical (unpaired) electrons. The average Bonchev–Trinajstić information content (AvgIpc) is 3.21. The minimum Gasteiger partial charge on any atom is -0.481 e. The molecule has 2 saturated heterocycles. The van der Waals surface area contributed by atoms with Crippen molar-refractivity contribution in [3.05, 3.63) is 62.0 Å². The molecule has 4 rings (SSSR count). The van der Waals surface area contributed by atoms with Gasteiger partial charge in [0.2, 0.25) is 0 Å². The highest BCUT2D eigenvalue weighted by molar-refractivity contribution is 8.26. The first-order valence-corrected chi connectivity index (χ1v) is 14.8. The van der Waals surface area contributed by atoms with Gasteiger partial charge in [-0.15, -0.1) is 0 Å². The number of carboxylic acid groups (broad SMARTS) is 1. The Balaban J connectivity index is 1.75. The topological polar surface area (TPSA) is 110 Å². The number of benzene rings is 1. The number of thiocarbonyl (C=S) groups is 1. The smallest absolute Gasteiger partial charge is 0.303 e. The van der Waals surface area contributed by atoms with E-state index >= 15 is 0 Å². The van der Waals surface area contributed by atoms with Crippen LogP contribution >= 0.6 is 24.0 Å². The largest absolute Gasteiger partial charge is 0.481 e. The first-order chi connectivity index (χ1) is 19.7. The summed E-state index contributed by atoms with van der Waals surface area (Å²) in [4.78, 5) is 43.6. The number of carbonyl (C=O) groups excluding carboxylic acids is 1. The van der Waals surface area contributed by atoms with Gasteiger partial charge in [0, 0.05) is 51.3 Å². The van der Waals surface area contributed by atoms with Crippen molar-refractivity contribution < 1.29 is 19.1 Å². The Labute approximate surface area is 247 Å². The maximum absolute atomic E-state index is 14.5. The van der Waals surface area contributed by atoms with Crippen LogP contribution in [0.25, 0.3) is 6.08 Å². The molecule has 0 bridgehead atoms. The maximum atomic E-state index is 14.5. The molecular formula is C29H32FN5O4S2. The summed E-state index contributed by atoms with van der Waals surface area (Å²) in [5.74, 6) is -0.935. The molecule has 0 spiro atoms. The van der Waals surface area contributed by atoms with E-state index in [-0.39, 0.29) is 42.2 Å². The Morgan fingerprint density at radius 2 is 1.83 bits per heavy atom. The number of nitriles is 1. The molecule has 216 valence electrons. The fourth-order valence-electron chi connectivity index (χ4n) is 5.09. The maximum Gasteiger partial charge on any atom is 0.303 e. The van der Waals surface area contributed by atoms with E-state index in [1.165, 1.54) is 11.0 Å². The summed E-state index contributed by atoms with van der Waals surface area (Å²) in [5.41, 5.74) is 1.26. The summed E-state index contributed by atoms with van der Waals surface area (Å²) < 4.78 is 16.4. The lowest BCUT2D eigenvalue weighted by Gasteiger charge is -2.39. The van der Waals surface area contributed by atoms with Gasteiger partial charge in [-0.25, -0.2) is 4.39 Å². The van der Waals surface area contributed by atoms with Gasteiger partial charge in [0.15, 0.2) is 0 Å². The van der Waals surface area contributed by atoms with Crippen molar-refractivity contribution in [3.8, 4) is 6.07 Å². The second-order valence-electron chi connectivity index (χ2n) is 9.92. The van der Waals surface area contributed by atoms with Gasteiger partial charge < -0.3 is 14.9 Å². The number of unbranched alkanes of at least 4 members (excludes halogenated alkanes) is 1. The van der Waals surface area contributed by atoms with Crippen LogP contribution in [0.1, 0.15) is 49.3 Å². The second-order valence-corrected chi connectivity index (χ2v) is 11.6. The quantitative estimate of drug-likeness (QED) is 0.316. The number of para-hydroxylation sites is 1. The zero-order chi connectivity index (χ0) is 29.7. The number of aliphatic carboxylic acids is 1. The van der Waals surface area contributed by atoms with Crippen molar-refractivity contribution in [2.24, 2.45) is 0 Å². The number of hydrogen-bond donors (Lipinski definition) is 1. The Bertz CT molecular complexity index is 1490. The van der Waals surface area contributed by atoms with Crippen LogP contribution in [0.15, 0.2) is 34.0 Å². The molecule has 0 saturated carbocycles. The molecule has 0 unspecified atom stereocenters. The van der Waals surface area contributed by atoms with Crippen molar-refractivity contribution in [1.82, 2.24) is 9.47 Å². The van der Waals surface area contributed by atoms with Gasteiger partial charge in [-0.2, -0.15) is 5.26 Å². The highest BCUT2D eigenvalue weighted by Gasteiger charge is 2.33. The number of carboxylic acids is 1. The van der Waals surface area contributed by atoms with Crippen molar-refractivity contribution in [2.45, 2.75) is 46.1 Å². The van der Waals surface area contributed by atoms with E-state index in [0.29, 0.717) is 64.6 Å². The molecule has 0 atom stereocenters. The van der Waals surface area contributed by atoms with E-state index in [2.05, 4.69) is 11.0 Å². The molecular weight excluding hydrogens is 565 g/mol. The van der Waals surface area contributed by atoms with E-state index in [4.69, 9.17) is 17.3 Å². The Kier molecular flexibility index (Phi) is 9.83. The van der Waals surface area contributed by atoms with E-state index in [9.17, 15) is 24.0 Å². The summed E-state index contributed by atoms with van der Waals surface area (Å²) in [6.07, 6.45) is 3.46. The fraction of sp³-hybridized carbons (Fsp3) is 0.414. The highest BCUT2D eigenvalue weighted by atomic mass is 32.2. The lowest BCUT2D eigenvalue weighted by Crippen LogP contribution is -2.49. The molecule has 0 aliphatic carbocycles. The van der Waals surface area contributed by atoms with Crippen LogP contribution in [0.5, 0.6) is 0 Å². The zero-order valence-electron chi connectivity index (χ0n) is 23.1.